The Morgan fingerprint density at radius 3 is 2.82 bits per heavy atom. The summed E-state index contributed by atoms with van der Waals surface area (Å²) in [6.07, 6.45) is 3.42. The lowest BCUT2D eigenvalue weighted by Gasteiger charge is -2.19. The van der Waals surface area contributed by atoms with E-state index in [9.17, 15) is 0 Å². The molecule has 0 saturated heterocycles. The number of aromatic nitrogens is 3. The van der Waals surface area contributed by atoms with E-state index >= 15 is 0 Å². The molecule has 7 heteroatoms. The average molecular weight is 314 g/mol. The van der Waals surface area contributed by atoms with Gasteiger partial charge in [0.25, 0.3) is 0 Å². The van der Waals surface area contributed by atoms with Gasteiger partial charge in [-0.3, -0.25) is 4.72 Å². The molecule has 0 atom stereocenters. The number of H-pyrrole nitrogens is 1. The zero-order valence-corrected chi connectivity index (χ0v) is 13.5. The molecule has 0 spiro atoms. The normalized spacial score (nSPS) is 10.9. The molecule has 0 saturated carbocycles. The number of rotatable bonds is 5. The van der Waals surface area contributed by atoms with Gasteiger partial charge < -0.3 is 15.2 Å². The summed E-state index contributed by atoms with van der Waals surface area (Å²) in [7, 11) is 5.96. The number of aromatic amines is 1. The number of anilines is 3. The van der Waals surface area contributed by atoms with Crippen LogP contribution in [-0.2, 0) is 0 Å². The van der Waals surface area contributed by atoms with Crippen LogP contribution in [0.15, 0.2) is 41.7 Å². The molecular weight excluding hydrogens is 296 g/mol. The average Bonchev–Trinajstić information content (AvgIpc) is 2.97. The Kier molecular flexibility index (Phi) is 4.17. The molecule has 0 aliphatic carbocycles. The van der Waals surface area contributed by atoms with Crippen molar-refractivity contribution in [3.63, 3.8) is 0 Å². The molecule has 0 unspecified atom stereocenters. The molecule has 0 radical (unpaired) electrons. The molecule has 2 aromatic heterocycles. The highest BCUT2D eigenvalue weighted by atomic mass is 32.2. The summed E-state index contributed by atoms with van der Waals surface area (Å²) < 4.78 is 3.09. The topological polar surface area (TPSA) is 68.9 Å². The molecule has 3 rings (SSSR count). The van der Waals surface area contributed by atoms with Crippen molar-refractivity contribution >= 4 is 40.2 Å². The van der Waals surface area contributed by atoms with Gasteiger partial charge in [0, 0.05) is 25.2 Å². The summed E-state index contributed by atoms with van der Waals surface area (Å²) in [4.78, 5) is 14.9. The van der Waals surface area contributed by atoms with Gasteiger partial charge in [-0.1, -0.05) is 0 Å². The summed E-state index contributed by atoms with van der Waals surface area (Å²) in [5.74, 6) is 0.793. The molecule has 2 heterocycles. The Balaban J connectivity index is 2.02. The quantitative estimate of drug-likeness (QED) is 0.629. The fraction of sp³-hybridized carbons (Fsp3) is 0.200. The fourth-order valence-corrected chi connectivity index (χ4v) is 2.83. The highest BCUT2D eigenvalue weighted by Gasteiger charge is 2.10. The molecule has 0 amide bonds. The van der Waals surface area contributed by atoms with Crippen LogP contribution in [0.4, 0.5) is 17.2 Å². The molecule has 1 aromatic carbocycles. The Labute approximate surface area is 133 Å². The van der Waals surface area contributed by atoms with E-state index < -0.39 is 0 Å². The maximum atomic E-state index is 4.37. The lowest BCUT2D eigenvalue weighted by molar-refractivity contribution is 1.12. The van der Waals surface area contributed by atoms with Crippen LogP contribution in [0.5, 0.6) is 0 Å². The first-order valence-electron chi connectivity index (χ1n) is 6.89. The maximum Gasteiger partial charge on any atom is 0.143 e. The summed E-state index contributed by atoms with van der Waals surface area (Å²) in [6.45, 7) is 0. The number of hydrogen-bond acceptors (Lipinski definition) is 6. The summed E-state index contributed by atoms with van der Waals surface area (Å²) in [5, 5.41) is 4.40. The van der Waals surface area contributed by atoms with Gasteiger partial charge in [0.15, 0.2) is 0 Å². The number of nitrogens with zero attached hydrogens (tertiary/aromatic N) is 3. The second-order valence-electron chi connectivity index (χ2n) is 4.97. The molecule has 3 aromatic rings. The van der Waals surface area contributed by atoms with Crippen LogP contribution < -0.4 is 14.9 Å². The van der Waals surface area contributed by atoms with E-state index in [1.165, 1.54) is 0 Å². The fourth-order valence-electron chi connectivity index (χ4n) is 2.29. The second kappa shape index (κ2) is 6.25. The maximum absolute atomic E-state index is 4.37. The van der Waals surface area contributed by atoms with Gasteiger partial charge in [-0.25, -0.2) is 9.97 Å². The van der Waals surface area contributed by atoms with Crippen molar-refractivity contribution in [2.75, 3.05) is 31.4 Å². The van der Waals surface area contributed by atoms with Crippen molar-refractivity contribution in [3.05, 3.63) is 36.8 Å². The monoisotopic (exact) mass is 314 g/mol. The molecule has 0 fully saturated rings. The Morgan fingerprint density at radius 1 is 1.18 bits per heavy atom. The van der Waals surface area contributed by atoms with E-state index in [-0.39, 0.29) is 0 Å². The first kappa shape index (κ1) is 14.7. The number of nitrogens with one attached hydrogen (secondary N) is 3. The van der Waals surface area contributed by atoms with Crippen LogP contribution >= 0.6 is 11.9 Å². The van der Waals surface area contributed by atoms with Crippen LogP contribution in [0.2, 0.25) is 0 Å². The van der Waals surface area contributed by atoms with Crippen molar-refractivity contribution in [2.24, 2.45) is 0 Å². The molecule has 0 bridgehead atoms. The van der Waals surface area contributed by atoms with E-state index in [0.29, 0.717) is 0 Å². The van der Waals surface area contributed by atoms with Gasteiger partial charge >= 0.3 is 0 Å². The smallest absolute Gasteiger partial charge is 0.143 e. The highest BCUT2D eigenvalue weighted by molar-refractivity contribution is 7.97. The van der Waals surface area contributed by atoms with Gasteiger partial charge in [0.2, 0.25) is 0 Å². The summed E-state index contributed by atoms with van der Waals surface area (Å²) >= 11 is 1.58. The number of fused-ring (bicyclic) bond motifs is 1. The van der Waals surface area contributed by atoms with Crippen molar-refractivity contribution in [2.45, 2.75) is 4.90 Å². The van der Waals surface area contributed by atoms with E-state index in [4.69, 9.17) is 0 Å². The Bertz CT molecular complexity index is 783. The second-order valence-corrected chi connectivity index (χ2v) is 6.05. The molecule has 6 nitrogen and oxygen atoms in total. The standard InChI is InChI=1S/C15H18N6S/c1-16-22-10-4-5-13(21(2)3)12(8-10)20-15-11-6-7-17-14(11)18-9-19-15/h4-9,16H,1-3H3,(H2,17,18,19,20). The first-order chi connectivity index (χ1) is 10.7. The number of hydrogen-bond donors (Lipinski definition) is 3. The summed E-state index contributed by atoms with van der Waals surface area (Å²) in [5.41, 5.74) is 2.93. The predicted molar refractivity (Wildman–Crippen MR) is 92.9 cm³/mol. The zero-order valence-electron chi connectivity index (χ0n) is 12.7. The third-order valence-electron chi connectivity index (χ3n) is 3.28. The van der Waals surface area contributed by atoms with Crippen molar-refractivity contribution < 1.29 is 0 Å². The first-order valence-corrected chi connectivity index (χ1v) is 7.71. The van der Waals surface area contributed by atoms with Gasteiger partial charge in [-0.05, 0) is 43.3 Å². The van der Waals surface area contributed by atoms with E-state index in [1.807, 2.05) is 33.4 Å². The molecule has 114 valence electrons. The van der Waals surface area contributed by atoms with Crippen LogP contribution in [0.25, 0.3) is 11.0 Å². The van der Waals surface area contributed by atoms with Crippen molar-refractivity contribution in [3.8, 4) is 0 Å². The molecule has 0 aliphatic heterocycles. The summed E-state index contributed by atoms with van der Waals surface area (Å²) in [6, 6.07) is 8.27. The van der Waals surface area contributed by atoms with Crippen molar-refractivity contribution in [1.29, 1.82) is 0 Å². The molecular formula is C15H18N6S. The van der Waals surface area contributed by atoms with E-state index in [0.717, 1.165) is 33.1 Å². The van der Waals surface area contributed by atoms with Gasteiger partial charge in [0.1, 0.15) is 17.8 Å². The Hall–Kier alpha value is -2.25. The molecule has 22 heavy (non-hydrogen) atoms. The lowest BCUT2D eigenvalue weighted by atomic mass is 10.2. The Morgan fingerprint density at radius 2 is 2.05 bits per heavy atom. The van der Waals surface area contributed by atoms with Crippen LogP contribution in [-0.4, -0.2) is 36.1 Å². The largest absolute Gasteiger partial charge is 0.376 e. The van der Waals surface area contributed by atoms with E-state index in [2.05, 4.69) is 48.1 Å². The SMILES string of the molecule is CNSc1ccc(N(C)C)c(Nc2ncnc3[nH]ccc23)c1. The highest BCUT2D eigenvalue weighted by Crippen LogP contribution is 2.32. The third kappa shape index (κ3) is 2.86. The van der Waals surface area contributed by atoms with Crippen LogP contribution in [0.3, 0.4) is 0 Å². The minimum absolute atomic E-state index is 0.793. The van der Waals surface area contributed by atoms with Crippen LogP contribution in [0.1, 0.15) is 0 Å². The van der Waals surface area contributed by atoms with Crippen molar-refractivity contribution in [1.82, 2.24) is 19.7 Å². The van der Waals surface area contributed by atoms with E-state index in [1.54, 1.807) is 18.3 Å². The lowest BCUT2D eigenvalue weighted by Crippen LogP contribution is -2.11. The van der Waals surface area contributed by atoms with Crippen LogP contribution in [0, 0.1) is 0 Å². The minimum Gasteiger partial charge on any atom is -0.376 e. The zero-order chi connectivity index (χ0) is 15.5. The van der Waals surface area contributed by atoms with Gasteiger partial charge in [-0.2, -0.15) is 0 Å². The molecule has 3 N–H and O–H groups in total. The van der Waals surface area contributed by atoms with Gasteiger partial charge in [0.05, 0.1) is 16.8 Å². The molecule has 0 aliphatic rings. The number of benzene rings is 1. The predicted octanol–water partition coefficient (Wildman–Crippen LogP) is 2.99. The third-order valence-corrected chi connectivity index (χ3v) is 3.97. The van der Waals surface area contributed by atoms with Gasteiger partial charge in [-0.15, -0.1) is 0 Å². The minimum atomic E-state index is 0.793.